The molecular formula is C10H12N4O5S. The van der Waals surface area contributed by atoms with Crippen LogP contribution in [0.4, 0.5) is 0 Å². The minimum atomic E-state index is -4.28. The van der Waals surface area contributed by atoms with E-state index < -0.39 is 44.4 Å². The molecule has 0 aliphatic carbocycles. The molecule has 3 rings (SSSR count). The lowest BCUT2D eigenvalue weighted by atomic mass is 9.96. The maximum absolute atomic E-state index is 12.7. The molecule has 0 radical (unpaired) electrons. The fraction of sp³-hybridized carbons (Fsp3) is 0.600. The topological polar surface area (TPSA) is 122 Å². The first-order valence-electron chi connectivity index (χ1n) is 6.71. The van der Waals surface area contributed by atoms with Crippen LogP contribution in [0.25, 0.3) is 0 Å². The highest BCUT2D eigenvalue weighted by Gasteiger charge is 2.70. The zero-order valence-electron chi connectivity index (χ0n) is 12.3. The van der Waals surface area contributed by atoms with Gasteiger partial charge in [0.25, 0.3) is 0 Å². The third-order valence-corrected chi connectivity index (χ3v) is 6.30. The van der Waals surface area contributed by atoms with Gasteiger partial charge in [-0.3, -0.25) is 9.48 Å². The second-order valence-corrected chi connectivity index (χ2v) is 7.29. The van der Waals surface area contributed by atoms with Crippen LogP contribution >= 0.6 is 0 Å². The summed E-state index contributed by atoms with van der Waals surface area (Å²) in [4.78, 5) is 24.0. The third-order valence-electron chi connectivity index (χ3n) is 3.69. The monoisotopic (exact) mass is 302 g/mol. The summed E-state index contributed by atoms with van der Waals surface area (Å²) in [5.41, 5.74) is 0. The first-order chi connectivity index (χ1) is 10.1. The van der Waals surface area contributed by atoms with Crippen LogP contribution in [-0.4, -0.2) is 61.5 Å². The average molecular weight is 302 g/mol. The number of carboxylic acid groups (broad SMARTS) is 1. The lowest BCUT2D eigenvalue weighted by Crippen LogP contribution is -2.58. The van der Waals surface area contributed by atoms with Gasteiger partial charge in [-0.25, -0.2) is 13.2 Å². The molecule has 0 bridgehead atoms. The van der Waals surface area contributed by atoms with Crippen LogP contribution in [0.5, 0.6) is 0 Å². The number of carboxylic acids is 1. The summed E-state index contributed by atoms with van der Waals surface area (Å²) in [7, 11) is -4.28. The van der Waals surface area contributed by atoms with Crippen molar-refractivity contribution in [2.45, 2.75) is 36.0 Å². The lowest BCUT2D eigenvalue weighted by molar-refractivity contribution is -0.157. The van der Waals surface area contributed by atoms with Gasteiger partial charge in [0.15, 0.2) is 15.9 Å². The number of aromatic nitrogens is 3. The molecule has 2 fully saturated rings. The van der Waals surface area contributed by atoms with E-state index in [4.69, 9.17) is 2.74 Å². The molecule has 1 N–H and O–H groups in total. The first kappa shape index (κ1) is 10.8. The molecule has 1 aromatic heterocycles. The van der Waals surface area contributed by atoms with Gasteiger partial charge in [-0.2, -0.15) is 0 Å². The van der Waals surface area contributed by atoms with Gasteiger partial charge in [0.2, 0.25) is 5.91 Å². The van der Waals surface area contributed by atoms with Gasteiger partial charge >= 0.3 is 5.97 Å². The van der Waals surface area contributed by atoms with E-state index in [9.17, 15) is 23.1 Å². The molecule has 9 nitrogen and oxygen atoms in total. The number of β-lactam (4-membered cyclic amide) rings is 1. The highest BCUT2D eigenvalue weighted by Crippen LogP contribution is 2.46. The van der Waals surface area contributed by atoms with Gasteiger partial charge < -0.3 is 10.0 Å². The zero-order chi connectivity index (χ0) is 16.5. The lowest BCUT2D eigenvalue weighted by Gasteiger charge is -2.35. The predicted octanol–water partition coefficient (Wildman–Crippen LogP) is -1.52. The van der Waals surface area contributed by atoms with Crippen LogP contribution in [0.2, 0.25) is 0 Å². The van der Waals surface area contributed by atoms with Crippen molar-refractivity contribution < 1.29 is 25.9 Å². The summed E-state index contributed by atoms with van der Waals surface area (Å²) < 4.78 is 40.1. The molecule has 10 heteroatoms. The van der Waals surface area contributed by atoms with Crippen molar-refractivity contribution in [1.82, 2.24) is 19.9 Å². The van der Waals surface area contributed by atoms with E-state index in [0.29, 0.717) is 4.68 Å². The first-order valence-corrected chi connectivity index (χ1v) is 7.25. The normalized spacial score (nSPS) is 36.9. The minimum Gasteiger partial charge on any atom is -0.480 e. The molecule has 1 unspecified atom stereocenters. The van der Waals surface area contributed by atoms with Crippen molar-refractivity contribution in [3.05, 3.63) is 12.4 Å². The van der Waals surface area contributed by atoms with Gasteiger partial charge in [0.05, 0.1) is 21.9 Å². The van der Waals surface area contributed by atoms with Gasteiger partial charge in [-0.15, -0.1) is 5.10 Å². The Labute approximate surface area is 116 Å². The summed E-state index contributed by atoms with van der Waals surface area (Å²) >= 11 is 0. The van der Waals surface area contributed by atoms with Crippen LogP contribution < -0.4 is 0 Å². The molecule has 3 atom stereocenters. The third kappa shape index (κ3) is 1.39. The van der Waals surface area contributed by atoms with E-state index in [1.807, 2.05) is 0 Å². The number of amides is 1. The number of nitrogens with zero attached hydrogens (tertiary/aromatic N) is 4. The molecule has 2 saturated heterocycles. The maximum atomic E-state index is 12.7. The molecule has 1 amide bonds. The summed E-state index contributed by atoms with van der Waals surface area (Å²) in [6.07, 6.45) is 1.92. The summed E-state index contributed by atoms with van der Waals surface area (Å²) in [6.45, 7) is -1.71. The van der Waals surface area contributed by atoms with Crippen LogP contribution in [0.3, 0.4) is 0 Å². The van der Waals surface area contributed by atoms with Gasteiger partial charge in [0, 0.05) is 6.20 Å². The van der Waals surface area contributed by atoms with Crippen molar-refractivity contribution >= 4 is 21.7 Å². The van der Waals surface area contributed by atoms with Crippen LogP contribution in [0.1, 0.15) is 16.1 Å². The summed E-state index contributed by atoms with van der Waals surface area (Å²) in [5, 5.41) is 15.0. The second kappa shape index (κ2) is 3.78. The number of rotatable bonds is 3. The second-order valence-electron chi connectivity index (χ2n) is 4.81. The average Bonchev–Trinajstić information content (AvgIpc) is 2.98. The van der Waals surface area contributed by atoms with Crippen LogP contribution in [0.15, 0.2) is 12.4 Å². The minimum absolute atomic E-state index is 0.338. The molecule has 20 heavy (non-hydrogen) atoms. The molecule has 2 aliphatic heterocycles. The highest BCUT2D eigenvalue weighted by molar-refractivity contribution is 7.93. The van der Waals surface area contributed by atoms with Gasteiger partial charge in [-0.1, -0.05) is 5.21 Å². The largest absolute Gasteiger partial charge is 0.480 e. The van der Waals surface area contributed by atoms with Gasteiger partial charge in [0.1, 0.15) is 10.1 Å². The molecule has 0 aromatic carbocycles. The summed E-state index contributed by atoms with van der Waals surface area (Å²) in [6, 6.07) is -1.83. The Balaban J connectivity index is 2.25. The van der Waals surface area contributed by atoms with E-state index in [0.717, 1.165) is 24.2 Å². The molecule has 1 aromatic rings. The summed E-state index contributed by atoms with van der Waals surface area (Å²) in [5.74, 6) is -2.20. The fourth-order valence-electron chi connectivity index (χ4n) is 2.65. The smallest absolute Gasteiger partial charge is 0.328 e. The van der Waals surface area contributed by atoms with Crippen molar-refractivity contribution in [2.24, 2.45) is 0 Å². The molecular weight excluding hydrogens is 288 g/mol. The Morgan fingerprint density at radius 2 is 2.40 bits per heavy atom. The molecule has 108 valence electrons. The standard InChI is InChI=1S/C10H12N4O5S/c1-10(5-13-3-2-11-12-13)8(9(16)17)14-6(15)4-7(14)20(10,18)19/h2-3,7-8H,4-5H2,1H3,(H,16,17)/t7?,8-,10-/m0/s1/i5D2. The van der Waals surface area contributed by atoms with E-state index in [2.05, 4.69) is 10.3 Å². The van der Waals surface area contributed by atoms with Crippen LogP contribution in [0, 0.1) is 0 Å². The fourth-order valence-corrected chi connectivity index (χ4v) is 4.86. The van der Waals surface area contributed by atoms with E-state index in [1.165, 1.54) is 0 Å². The van der Waals surface area contributed by atoms with E-state index in [1.54, 1.807) is 0 Å². The van der Waals surface area contributed by atoms with Crippen molar-refractivity contribution in [2.75, 3.05) is 0 Å². The van der Waals surface area contributed by atoms with Crippen molar-refractivity contribution in [1.29, 1.82) is 0 Å². The van der Waals surface area contributed by atoms with Crippen LogP contribution in [-0.2, 0) is 25.9 Å². The Kier molecular flexibility index (Phi) is 2.04. The van der Waals surface area contributed by atoms with Crippen molar-refractivity contribution in [3.8, 4) is 0 Å². The Morgan fingerprint density at radius 3 is 2.90 bits per heavy atom. The molecule has 3 heterocycles. The number of hydrogen-bond donors (Lipinski definition) is 1. The zero-order valence-corrected chi connectivity index (χ0v) is 11.1. The number of carbonyl (C=O) groups excluding carboxylic acids is 1. The van der Waals surface area contributed by atoms with Gasteiger partial charge in [-0.05, 0) is 6.92 Å². The Morgan fingerprint density at radius 1 is 1.70 bits per heavy atom. The number of sulfone groups is 1. The van der Waals surface area contributed by atoms with E-state index in [-0.39, 0.29) is 6.42 Å². The number of fused-ring (bicyclic) bond motifs is 1. The van der Waals surface area contributed by atoms with E-state index >= 15 is 0 Å². The maximum Gasteiger partial charge on any atom is 0.328 e. The molecule has 0 spiro atoms. The Hall–Kier alpha value is -1.97. The number of hydrogen-bond acceptors (Lipinski definition) is 6. The molecule has 2 aliphatic rings. The highest BCUT2D eigenvalue weighted by atomic mass is 32.2. The quantitative estimate of drug-likeness (QED) is 0.672. The number of aliphatic carboxylic acids is 1. The predicted molar refractivity (Wildman–Crippen MR) is 64.0 cm³/mol. The molecule has 0 saturated carbocycles. The Bertz CT molecular complexity index is 764. The van der Waals surface area contributed by atoms with Crippen molar-refractivity contribution in [3.63, 3.8) is 0 Å². The SMILES string of the molecule is [2H]C([2H])(n1ccnn1)[C@@]1(C)[C@H](C(=O)O)N2C(=O)CC2S1(=O)=O. The number of carbonyl (C=O) groups is 2.